The Morgan fingerprint density at radius 2 is 2.18 bits per heavy atom. The van der Waals surface area contributed by atoms with Crippen LogP contribution in [0.25, 0.3) is 0 Å². The summed E-state index contributed by atoms with van der Waals surface area (Å²) in [5.41, 5.74) is 0. The molecule has 0 amide bonds. The van der Waals surface area contributed by atoms with Crippen molar-refractivity contribution in [1.82, 2.24) is 5.32 Å². The molecule has 0 bridgehead atoms. The highest BCUT2D eigenvalue weighted by Gasteiger charge is 2.16. The minimum Gasteiger partial charge on any atom is -0.313 e. The smallest absolute Gasteiger partial charge is 0.0135 e. The molecule has 1 aliphatic rings. The highest BCUT2D eigenvalue weighted by Crippen LogP contribution is 2.29. The average molecular weight is 153 g/mol. The molecule has 0 aromatic heterocycles. The van der Waals surface area contributed by atoms with Crippen molar-refractivity contribution in [3.8, 4) is 0 Å². The van der Waals surface area contributed by atoms with E-state index in [1.165, 1.54) is 12.8 Å². The van der Waals surface area contributed by atoms with Crippen LogP contribution in [0.2, 0.25) is 0 Å². The van der Waals surface area contributed by atoms with E-state index in [2.05, 4.69) is 31.3 Å². The molecule has 1 nitrogen and oxygen atoms in total. The molecule has 1 fully saturated rings. The molecule has 0 aromatic carbocycles. The monoisotopic (exact) mass is 153 g/mol. The summed E-state index contributed by atoms with van der Waals surface area (Å²) in [4.78, 5) is 0. The predicted molar refractivity (Wildman–Crippen MR) is 49.6 cm³/mol. The largest absolute Gasteiger partial charge is 0.313 e. The lowest BCUT2D eigenvalue weighted by molar-refractivity contribution is 0.576. The van der Waals surface area contributed by atoms with E-state index in [1.807, 2.05) is 0 Å². The number of allylic oxidation sites excluding steroid dienone is 1. The van der Waals surface area contributed by atoms with Gasteiger partial charge in [-0.2, -0.15) is 0 Å². The minimum atomic E-state index is 0.768. The van der Waals surface area contributed by atoms with Gasteiger partial charge in [0.25, 0.3) is 0 Å². The Morgan fingerprint density at radius 3 is 2.73 bits per heavy atom. The quantitative estimate of drug-likeness (QED) is 0.471. The van der Waals surface area contributed by atoms with Crippen molar-refractivity contribution in [3.63, 3.8) is 0 Å². The van der Waals surface area contributed by atoms with Crippen LogP contribution in [0.5, 0.6) is 0 Å². The normalized spacial score (nSPS) is 18.5. The second-order valence-electron chi connectivity index (χ2n) is 3.82. The minimum absolute atomic E-state index is 0.768. The zero-order chi connectivity index (χ0) is 8.10. The van der Waals surface area contributed by atoms with Crippen LogP contribution >= 0.6 is 0 Å². The lowest BCUT2D eigenvalue weighted by Crippen LogP contribution is -2.19. The molecule has 0 atom stereocenters. The fourth-order valence-electron chi connectivity index (χ4n) is 1.00. The maximum atomic E-state index is 3.38. The molecule has 0 saturated heterocycles. The fraction of sp³-hybridized carbons (Fsp3) is 0.800. The summed E-state index contributed by atoms with van der Waals surface area (Å²) < 4.78 is 0. The molecule has 64 valence electrons. The summed E-state index contributed by atoms with van der Waals surface area (Å²) in [7, 11) is 0. The molecular weight excluding hydrogens is 134 g/mol. The van der Waals surface area contributed by atoms with Gasteiger partial charge in [0.05, 0.1) is 0 Å². The third-order valence-corrected chi connectivity index (χ3v) is 1.85. The molecule has 1 rings (SSSR count). The van der Waals surface area contributed by atoms with Crippen LogP contribution in [-0.2, 0) is 0 Å². The number of hydrogen-bond acceptors (Lipinski definition) is 1. The second-order valence-corrected chi connectivity index (χ2v) is 3.82. The lowest BCUT2D eigenvalue weighted by Gasteiger charge is -2.03. The Hall–Kier alpha value is -0.300. The van der Waals surface area contributed by atoms with Crippen molar-refractivity contribution in [2.24, 2.45) is 11.8 Å². The predicted octanol–water partition coefficient (Wildman–Crippen LogP) is 2.20. The van der Waals surface area contributed by atoms with Crippen LogP contribution in [0, 0.1) is 11.8 Å². The Bertz CT molecular complexity index is 123. The maximum Gasteiger partial charge on any atom is 0.0135 e. The second kappa shape index (κ2) is 4.55. The maximum absolute atomic E-state index is 3.38. The summed E-state index contributed by atoms with van der Waals surface area (Å²) in [5, 5.41) is 3.38. The molecule has 1 N–H and O–H groups in total. The Balaban J connectivity index is 1.86. The van der Waals surface area contributed by atoms with Gasteiger partial charge >= 0.3 is 0 Å². The zero-order valence-electron chi connectivity index (χ0n) is 7.64. The van der Waals surface area contributed by atoms with Gasteiger partial charge in [-0.1, -0.05) is 26.0 Å². The fourth-order valence-corrected chi connectivity index (χ4v) is 1.00. The Morgan fingerprint density at radius 1 is 1.45 bits per heavy atom. The Kier molecular flexibility index (Phi) is 3.64. The van der Waals surface area contributed by atoms with E-state index in [-0.39, 0.29) is 0 Å². The SMILES string of the molecule is CC(C)CNCC=CC1CC1. The van der Waals surface area contributed by atoms with E-state index in [1.54, 1.807) is 0 Å². The van der Waals surface area contributed by atoms with E-state index in [4.69, 9.17) is 0 Å². The van der Waals surface area contributed by atoms with Gasteiger partial charge in [-0.15, -0.1) is 0 Å². The van der Waals surface area contributed by atoms with Crippen LogP contribution in [0.1, 0.15) is 26.7 Å². The Labute approximate surface area is 69.9 Å². The van der Waals surface area contributed by atoms with Gasteiger partial charge in [-0.3, -0.25) is 0 Å². The summed E-state index contributed by atoms with van der Waals surface area (Å²) in [6, 6.07) is 0. The first kappa shape index (κ1) is 8.79. The third-order valence-electron chi connectivity index (χ3n) is 1.85. The summed E-state index contributed by atoms with van der Waals surface area (Å²) in [5.74, 6) is 1.69. The van der Waals surface area contributed by atoms with Crippen LogP contribution in [0.3, 0.4) is 0 Å². The molecule has 0 heterocycles. The van der Waals surface area contributed by atoms with Crippen LogP contribution < -0.4 is 5.32 Å². The molecule has 1 saturated carbocycles. The van der Waals surface area contributed by atoms with E-state index in [9.17, 15) is 0 Å². The van der Waals surface area contributed by atoms with Crippen LogP contribution in [0.4, 0.5) is 0 Å². The number of hydrogen-bond donors (Lipinski definition) is 1. The molecule has 0 aromatic rings. The molecule has 0 unspecified atom stereocenters. The number of nitrogens with one attached hydrogen (secondary N) is 1. The van der Waals surface area contributed by atoms with E-state index in [0.717, 1.165) is 24.9 Å². The van der Waals surface area contributed by atoms with Gasteiger partial charge in [0.1, 0.15) is 0 Å². The molecule has 11 heavy (non-hydrogen) atoms. The highest BCUT2D eigenvalue weighted by atomic mass is 14.8. The molecule has 0 spiro atoms. The van der Waals surface area contributed by atoms with E-state index >= 15 is 0 Å². The van der Waals surface area contributed by atoms with Gasteiger partial charge < -0.3 is 5.32 Å². The lowest BCUT2D eigenvalue weighted by atomic mass is 10.2. The molecule has 0 aliphatic heterocycles. The van der Waals surface area contributed by atoms with Crippen molar-refractivity contribution < 1.29 is 0 Å². The number of rotatable bonds is 5. The first-order valence-corrected chi connectivity index (χ1v) is 4.66. The highest BCUT2D eigenvalue weighted by molar-refractivity contribution is 4.96. The zero-order valence-corrected chi connectivity index (χ0v) is 7.64. The van der Waals surface area contributed by atoms with Crippen molar-refractivity contribution in [3.05, 3.63) is 12.2 Å². The van der Waals surface area contributed by atoms with Gasteiger partial charge in [0.15, 0.2) is 0 Å². The molecule has 1 heteroatoms. The summed E-state index contributed by atoms with van der Waals surface area (Å²) >= 11 is 0. The summed E-state index contributed by atoms with van der Waals surface area (Å²) in [6.07, 6.45) is 7.44. The van der Waals surface area contributed by atoms with Gasteiger partial charge in [0.2, 0.25) is 0 Å². The van der Waals surface area contributed by atoms with Crippen molar-refractivity contribution in [2.45, 2.75) is 26.7 Å². The molecular formula is C10H19N. The van der Waals surface area contributed by atoms with Gasteiger partial charge in [-0.05, 0) is 31.2 Å². The van der Waals surface area contributed by atoms with Crippen molar-refractivity contribution in [2.75, 3.05) is 13.1 Å². The van der Waals surface area contributed by atoms with Gasteiger partial charge in [-0.25, -0.2) is 0 Å². The average Bonchev–Trinajstić information content (AvgIpc) is 2.70. The molecule has 1 aliphatic carbocycles. The first-order chi connectivity index (χ1) is 5.29. The van der Waals surface area contributed by atoms with Gasteiger partial charge in [0, 0.05) is 6.54 Å². The molecule has 0 radical (unpaired) electrons. The first-order valence-electron chi connectivity index (χ1n) is 4.66. The standard InChI is InChI=1S/C10H19N/c1-9(2)8-11-7-3-4-10-5-6-10/h3-4,9-11H,5-8H2,1-2H3. The summed E-state index contributed by atoms with van der Waals surface area (Å²) in [6.45, 7) is 6.65. The topological polar surface area (TPSA) is 12.0 Å². The van der Waals surface area contributed by atoms with Crippen LogP contribution in [0.15, 0.2) is 12.2 Å². The van der Waals surface area contributed by atoms with E-state index < -0.39 is 0 Å². The third kappa shape index (κ3) is 5.02. The van der Waals surface area contributed by atoms with Crippen molar-refractivity contribution >= 4 is 0 Å². The van der Waals surface area contributed by atoms with Crippen LogP contribution in [-0.4, -0.2) is 13.1 Å². The van der Waals surface area contributed by atoms with E-state index in [0.29, 0.717) is 0 Å². The van der Waals surface area contributed by atoms with Crippen molar-refractivity contribution in [1.29, 1.82) is 0 Å².